The number of pyridine rings is 1. The Morgan fingerprint density at radius 1 is 1.27 bits per heavy atom. The van der Waals surface area contributed by atoms with E-state index in [0.717, 1.165) is 10.9 Å². The second kappa shape index (κ2) is 8.01. The SMILES string of the molecule is COC(=O)CC(Cc1ccccc1)NC(=O)c1cc2cc(Cl)ncc2[nH]1. The van der Waals surface area contributed by atoms with Crippen LogP contribution in [0, 0.1) is 0 Å². The second-order valence-corrected chi connectivity index (χ2v) is 6.30. The first-order valence-corrected chi connectivity index (χ1v) is 8.49. The van der Waals surface area contributed by atoms with E-state index in [0.29, 0.717) is 22.8 Å². The highest BCUT2D eigenvalue weighted by atomic mass is 35.5. The molecule has 7 heteroatoms. The van der Waals surface area contributed by atoms with E-state index in [4.69, 9.17) is 16.3 Å². The van der Waals surface area contributed by atoms with Crippen molar-refractivity contribution in [3.05, 3.63) is 65.1 Å². The number of H-pyrrole nitrogens is 1. The summed E-state index contributed by atoms with van der Waals surface area (Å²) in [5.74, 6) is -0.680. The standard InChI is InChI=1S/C19H18ClN3O3/c1-26-18(24)10-14(7-12-5-3-2-4-6-12)22-19(25)15-8-13-9-17(20)21-11-16(13)23-15/h2-6,8-9,11,14,23H,7,10H2,1H3,(H,22,25). The number of ether oxygens (including phenoxy) is 1. The molecule has 1 atom stereocenters. The molecule has 0 saturated carbocycles. The van der Waals surface area contributed by atoms with E-state index in [1.165, 1.54) is 7.11 Å². The second-order valence-electron chi connectivity index (χ2n) is 5.92. The van der Waals surface area contributed by atoms with Crippen molar-refractivity contribution in [3.8, 4) is 0 Å². The highest BCUT2D eigenvalue weighted by Crippen LogP contribution is 2.18. The number of aromatic amines is 1. The van der Waals surface area contributed by atoms with Crippen LogP contribution in [0.25, 0.3) is 10.9 Å². The zero-order chi connectivity index (χ0) is 18.5. The van der Waals surface area contributed by atoms with Crippen LogP contribution in [-0.4, -0.2) is 35.0 Å². The van der Waals surface area contributed by atoms with Gasteiger partial charge < -0.3 is 15.0 Å². The van der Waals surface area contributed by atoms with Gasteiger partial charge in [-0.1, -0.05) is 41.9 Å². The summed E-state index contributed by atoms with van der Waals surface area (Å²) in [5.41, 5.74) is 2.12. The van der Waals surface area contributed by atoms with Crippen molar-refractivity contribution in [3.63, 3.8) is 0 Å². The van der Waals surface area contributed by atoms with Crippen molar-refractivity contribution in [1.29, 1.82) is 0 Å². The molecule has 3 aromatic rings. The predicted octanol–water partition coefficient (Wildman–Crippen LogP) is 3.12. The lowest BCUT2D eigenvalue weighted by Crippen LogP contribution is -2.38. The quantitative estimate of drug-likeness (QED) is 0.515. The van der Waals surface area contributed by atoms with Crippen molar-refractivity contribution in [2.24, 2.45) is 0 Å². The number of amides is 1. The number of benzene rings is 1. The molecule has 1 amide bonds. The van der Waals surface area contributed by atoms with Gasteiger partial charge in [0.1, 0.15) is 10.8 Å². The van der Waals surface area contributed by atoms with Gasteiger partial charge in [-0.2, -0.15) is 0 Å². The summed E-state index contributed by atoms with van der Waals surface area (Å²) in [7, 11) is 1.33. The fraction of sp³-hybridized carbons (Fsp3) is 0.211. The highest BCUT2D eigenvalue weighted by molar-refractivity contribution is 6.30. The van der Waals surface area contributed by atoms with Crippen molar-refractivity contribution in [2.45, 2.75) is 18.9 Å². The van der Waals surface area contributed by atoms with Gasteiger partial charge in [-0.05, 0) is 24.1 Å². The number of fused-ring (bicyclic) bond motifs is 1. The average Bonchev–Trinajstić information content (AvgIpc) is 3.05. The summed E-state index contributed by atoms with van der Waals surface area (Å²) in [6, 6.07) is 12.7. The maximum atomic E-state index is 12.6. The number of nitrogens with one attached hydrogen (secondary N) is 2. The number of hydrogen-bond donors (Lipinski definition) is 2. The van der Waals surface area contributed by atoms with E-state index in [2.05, 4.69) is 15.3 Å². The number of esters is 1. The average molecular weight is 372 g/mol. The van der Waals surface area contributed by atoms with Gasteiger partial charge in [-0.25, -0.2) is 4.98 Å². The number of methoxy groups -OCH3 is 1. The molecule has 2 heterocycles. The van der Waals surface area contributed by atoms with Gasteiger partial charge in [-0.15, -0.1) is 0 Å². The normalized spacial score (nSPS) is 11.9. The largest absolute Gasteiger partial charge is 0.469 e. The van der Waals surface area contributed by atoms with Crippen LogP contribution < -0.4 is 5.32 Å². The molecular weight excluding hydrogens is 354 g/mol. The number of halogens is 1. The molecule has 134 valence electrons. The van der Waals surface area contributed by atoms with Gasteiger partial charge in [0.15, 0.2) is 0 Å². The molecule has 0 bridgehead atoms. The molecule has 0 radical (unpaired) electrons. The minimum atomic E-state index is -0.384. The van der Waals surface area contributed by atoms with Crippen LogP contribution in [0.5, 0.6) is 0 Å². The monoisotopic (exact) mass is 371 g/mol. The van der Waals surface area contributed by atoms with Gasteiger partial charge in [-0.3, -0.25) is 9.59 Å². The third kappa shape index (κ3) is 4.40. The summed E-state index contributed by atoms with van der Waals surface area (Å²) < 4.78 is 4.75. The number of aromatic nitrogens is 2. The van der Waals surface area contributed by atoms with Crippen molar-refractivity contribution in [1.82, 2.24) is 15.3 Å². The zero-order valence-corrected chi connectivity index (χ0v) is 14.9. The molecule has 0 spiro atoms. The van der Waals surface area contributed by atoms with Crippen molar-refractivity contribution >= 4 is 34.4 Å². The van der Waals surface area contributed by atoms with E-state index in [-0.39, 0.29) is 24.3 Å². The summed E-state index contributed by atoms with van der Waals surface area (Å²) in [6.07, 6.45) is 2.18. The van der Waals surface area contributed by atoms with E-state index in [1.807, 2.05) is 30.3 Å². The van der Waals surface area contributed by atoms with Crippen molar-refractivity contribution < 1.29 is 14.3 Å². The Morgan fingerprint density at radius 3 is 2.77 bits per heavy atom. The van der Waals surface area contributed by atoms with E-state index in [1.54, 1.807) is 18.3 Å². The molecule has 1 aromatic carbocycles. The molecule has 1 unspecified atom stereocenters. The first kappa shape index (κ1) is 17.9. The Labute approximate surface area is 155 Å². The first-order chi connectivity index (χ1) is 12.5. The van der Waals surface area contributed by atoms with Crippen LogP contribution in [0.3, 0.4) is 0 Å². The number of carbonyl (C=O) groups is 2. The fourth-order valence-corrected chi connectivity index (χ4v) is 2.91. The Kier molecular flexibility index (Phi) is 5.53. The van der Waals surface area contributed by atoms with Crippen LogP contribution in [0.2, 0.25) is 5.15 Å². The van der Waals surface area contributed by atoms with Gasteiger partial charge in [0.05, 0.1) is 25.2 Å². The van der Waals surface area contributed by atoms with E-state index < -0.39 is 0 Å². The molecule has 3 rings (SSSR count). The molecule has 0 aliphatic carbocycles. The molecule has 6 nitrogen and oxygen atoms in total. The minimum Gasteiger partial charge on any atom is -0.469 e. The Balaban J connectivity index is 1.77. The Morgan fingerprint density at radius 2 is 2.04 bits per heavy atom. The summed E-state index contributed by atoms with van der Waals surface area (Å²) in [5, 5.41) is 4.05. The van der Waals surface area contributed by atoms with Crippen LogP contribution in [0.1, 0.15) is 22.5 Å². The van der Waals surface area contributed by atoms with Gasteiger partial charge in [0.2, 0.25) is 0 Å². The van der Waals surface area contributed by atoms with Crippen LogP contribution in [0.15, 0.2) is 48.7 Å². The number of rotatable bonds is 6. The third-order valence-corrected chi connectivity index (χ3v) is 4.22. The van der Waals surface area contributed by atoms with Crippen molar-refractivity contribution in [2.75, 3.05) is 7.11 Å². The highest BCUT2D eigenvalue weighted by Gasteiger charge is 2.19. The van der Waals surface area contributed by atoms with E-state index >= 15 is 0 Å². The van der Waals surface area contributed by atoms with Gasteiger partial charge in [0, 0.05) is 11.4 Å². The fourth-order valence-electron chi connectivity index (χ4n) is 2.75. The van der Waals surface area contributed by atoms with Crippen LogP contribution >= 0.6 is 11.6 Å². The molecule has 2 aromatic heterocycles. The molecule has 0 fully saturated rings. The number of hydrogen-bond acceptors (Lipinski definition) is 4. The summed E-state index contributed by atoms with van der Waals surface area (Å²) in [6.45, 7) is 0. The third-order valence-electron chi connectivity index (χ3n) is 4.02. The smallest absolute Gasteiger partial charge is 0.307 e. The topological polar surface area (TPSA) is 84.1 Å². The summed E-state index contributed by atoms with van der Waals surface area (Å²) >= 11 is 5.88. The Hall–Kier alpha value is -2.86. The van der Waals surface area contributed by atoms with E-state index in [9.17, 15) is 9.59 Å². The van der Waals surface area contributed by atoms with Crippen LogP contribution in [-0.2, 0) is 16.0 Å². The van der Waals surface area contributed by atoms with Crippen LogP contribution in [0.4, 0.5) is 0 Å². The molecule has 0 saturated heterocycles. The predicted molar refractivity (Wildman–Crippen MR) is 99.1 cm³/mol. The lowest BCUT2D eigenvalue weighted by molar-refractivity contribution is -0.141. The molecule has 2 N–H and O–H groups in total. The summed E-state index contributed by atoms with van der Waals surface area (Å²) in [4.78, 5) is 31.3. The molecule has 0 aliphatic heterocycles. The lowest BCUT2D eigenvalue weighted by atomic mass is 10.0. The van der Waals surface area contributed by atoms with Gasteiger partial charge in [0.25, 0.3) is 5.91 Å². The first-order valence-electron chi connectivity index (χ1n) is 8.11. The molecule has 0 aliphatic rings. The molecular formula is C19H18ClN3O3. The molecule has 26 heavy (non-hydrogen) atoms. The maximum absolute atomic E-state index is 12.6. The zero-order valence-electron chi connectivity index (χ0n) is 14.2. The Bertz CT molecular complexity index is 924. The lowest BCUT2D eigenvalue weighted by Gasteiger charge is -2.17. The number of carbonyl (C=O) groups excluding carboxylic acids is 2. The maximum Gasteiger partial charge on any atom is 0.307 e. The minimum absolute atomic E-state index is 0.0880. The number of nitrogens with zero attached hydrogens (tertiary/aromatic N) is 1. The van der Waals surface area contributed by atoms with Gasteiger partial charge >= 0.3 is 5.97 Å².